The van der Waals surface area contributed by atoms with Gasteiger partial charge in [0.05, 0.1) is 6.61 Å². The number of halogens is 1. The molecule has 2 aromatic rings. The Kier molecular flexibility index (Phi) is 2.83. The summed E-state index contributed by atoms with van der Waals surface area (Å²) in [6, 6.07) is 4.03. The average molecular weight is 322 g/mol. The Balaban J connectivity index is 2.85. The Hall–Kier alpha value is 0.220. The number of thiol groups is 1. The Morgan fingerprint density at radius 2 is 2.31 bits per heavy atom. The van der Waals surface area contributed by atoms with Gasteiger partial charge in [0.25, 0.3) is 0 Å². The second-order valence-electron chi connectivity index (χ2n) is 2.69. The number of hydrogen-bond acceptors (Lipinski definition) is 3. The second kappa shape index (κ2) is 3.76. The maximum absolute atomic E-state index is 9.09. The molecule has 2 rings (SSSR count). The number of thiophene rings is 1. The number of aliphatic hydroxyl groups excluding tert-OH is 1. The van der Waals surface area contributed by atoms with E-state index in [1.807, 2.05) is 17.5 Å². The van der Waals surface area contributed by atoms with Crippen LogP contribution in [-0.2, 0) is 6.61 Å². The van der Waals surface area contributed by atoms with Gasteiger partial charge < -0.3 is 5.11 Å². The summed E-state index contributed by atoms with van der Waals surface area (Å²) < 4.78 is 2.44. The molecule has 0 amide bonds. The van der Waals surface area contributed by atoms with E-state index in [2.05, 4.69) is 35.2 Å². The molecule has 0 aliphatic carbocycles. The van der Waals surface area contributed by atoms with Crippen LogP contribution in [-0.4, -0.2) is 5.11 Å². The lowest BCUT2D eigenvalue weighted by Gasteiger charge is -2.04. The molecule has 1 aromatic carbocycles. The van der Waals surface area contributed by atoms with Crippen LogP contribution in [0.4, 0.5) is 0 Å². The third-order valence-corrected chi connectivity index (χ3v) is 4.61. The van der Waals surface area contributed by atoms with Crippen molar-refractivity contribution in [3.05, 3.63) is 26.6 Å². The van der Waals surface area contributed by atoms with Crippen molar-refractivity contribution in [2.24, 2.45) is 0 Å². The number of hydrogen-bond donors (Lipinski definition) is 2. The normalized spacial score (nSPS) is 11.0. The minimum atomic E-state index is 0.0562. The van der Waals surface area contributed by atoms with E-state index in [-0.39, 0.29) is 6.61 Å². The zero-order chi connectivity index (χ0) is 9.42. The number of fused-ring (bicyclic) bond motifs is 1. The van der Waals surface area contributed by atoms with Crippen LogP contribution in [0.15, 0.2) is 22.4 Å². The van der Waals surface area contributed by atoms with Gasteiger partial charge in [-0.2, -0.15) is 0 Å². The lowest BCUT2D eigenvalue weighted by Crippen LogP contribution is -1.87. The first-order valence-electron chi connectivity index (χ1n) is 3.72. The molecule has 0 bridgehead atoms. The van der Waals surface area contributed by atoms with Crippen molar-refractivity contribution in [3.8, 4) is 0 Å². The van der Waals surface area contributed by atoms with E-state index in [0.717, 1.165) is 15.8 Å². The fraction of sp³-hybridized carbons (Fsp3) is 0.111. The van der Waals surface area contributed by atoms with Crippen LogP contribution in [0.3, 0.4) is 0 Å². The molecule has 0 unspecified atom stereocenters. The fourth-order valence-electron chi connectivity index (χ4n) is 1.26. The van der Waals surface area contributed by atoms with E-state index < -0.39 is 0 Å². The predicted molar refractivity (Wildman–Crippen MR) is 67.7 cm³/mol. The Morgan fingerprint density at radius 1 is 1.54 bits per heavy atom. The molecule has 0 atom stereocenters. The van der Waals surface area contributed by atoms with Gasteiger partial charge in [-0.25, -0.2) is 0 Å². The third-order valence-electron chi connectivity index (χ3n) is 1.91. The molecule has 1 heterocycles. The van der Waals surface area contributed by atoms with Gasteiger partial charge in [-0.15, -0.1) is 24.0 Å². The van der Waals surface area contributed by atoms with Gasteiger partial charge in [-0.05, 0) is 45.7 Å². The highest BCUT2D eigenvalue weighted by molar-refractivity contribution is 14.1. The van der Waals surface area contributed by atoms with Crippen LogP contribution >= 0.6 is 46.6 Å². The molecular formula is C9H7IOS2. The first-order chi connectivity index (χ1) is 6.24. The molecule has 1 nitrogen and oxygen atoms in total. The van der Waals surface area contributed by atoms with Crippen LogP contribution < -0.4 is 0 Å². The molecule has 0 radical (unpaired) electrons. The van der Waals surface area contributed by atoms with Gasteiger partial charge in [0.15, 0.2) is 0 Å². The SMILES string of the molecule is OCc1cc(I)c2sccc2c1S. The maximum Gasteiger partial charge on any atom is 0.0693 e. The molecule has 13 heavy (non-hydrogen) atoms. The summed E-state index contributed by atoms with van der Waals surface area (Å²) in [6.07, 6.45) is 0. The van der Waals surface area contributed by atoms with E-state index in [1.165, 1.54) is 8.27 Å². The fourth-order valence-corrected chi connectivity index (χ4v) is 3.51. The number of rotatable bonds is 1. The Morgan fingerprint density at radius 3 is 3.00 bits per heavy atom. The zero-order valence-electron chi connectivity index (χ0n) is 6.62. The van der Waals surface area contributed by atoms with Crippen molar-refractivity contribution in [3.63, 3.8) is 0 Å². The van der Waals surface area contributed by atoms with Gasteiger partial charge in [0, 0.05) is 18.6 Å². The lowest BCUT2D eigenvalue weighted by atomic mass is 10.2. The van der Waals surface area contributed by atoms with Crippen LogP contribution in [0.1, 0.15) is 5.56 Å². The Labute approximate surface area is 99.3 Å². The highest BCUT2D eigenvalue weighted by Crippen LogP contribution is 2.33. The quantitative estimate of drug-likeness (QED) is 0.610. The molecule has 1 aromatic heterocycles. The molecule has 0 saturated heterocycles. The first kappa shape index (κ1) is 9.76. The first-order valence-corrected chi connectivity index (χ1v) is 6.13. The summed E-state index contributed by atoms with van der Waals surface area (Å²) in [6.45, 7) is 0.0562. The third kappa shape index (κ3) is 1.60. The van der Waals surface area contributed by atoms with Crippen LogP contribution in [0, 0.1) is 3.57 Å². The summed E-state index contributed by atoms with van der Waals surface area (Å²) in [7, 11) is 0. The average Bonchev–Trinajstić information content (AvgIpc) is 2.60. The van der Waals surface area contributed by atoms with Crippen LogP contribution in [0.25, 0.3) is 10.1 Å². The largest absolute Gasteiger partial charge is 0.392 e. The topological polar surface area (TPSA) is 20.2 Å². The monoisotopic (exact) mass is 322 g/mol. The standard InChI is InChI=1S/C9H7IOS2/c10-7-3-5(4-11)8(12)6-1-2-13-9(6)7/h1-3,11-12H,4H2. The van der Waals surface area contributed by atoms with Crippen molar-refractivity contribution in [1.29, 1.82) is 0 Å². The minimum Gasteiger partial charge on any atom is -0.392 e. The number of aliphatic hydroxyl groups is 1. The van der Waals surface area contributed by atoms with Crippen LogP contribution in [0.5, 0.6) is 0 Å². The highest BCUT2D eigenvalue weighted by atomic mass is 127. The number of benzene rings is 1. The lowest BCUT2D eigenvalue weighted by molar-refractivity contribution is 0.279. The van der Waals surface area contributed by atoms with Gasteiger partial charge >= 0.3 is 0 Å². The summed E-state index contributed by atoms with van der Waals surface area (Å²) in [5.41, 5.74) is 0.902. The molecule has 68 valence electrons. The predicted octanol–water partition coefficient (Wildman–Crippen LogP) is 3.29. The summed E-state index contributed by atoms with van der Waals surface area (Å²) >= 11 is 8.40. The summed E-state index contributed by atoms with van der Waals surface area (Å²) in [5, 5.41) is 12.3. The summed E-state index contributed by atoms with van der Waals surface area (Å²) in [4.78, 5) is 0.902. The van der Waals surface area contributed by atoms with E-state index in [4.69, 9.17) is 5.11 Å². The van der Waals surface area contributed by atoms with Crippen LogP contribution in [0.2, 0.25) is 0 Å². The molecule has 0 aliphatic heterocycles. The van der Waals surface area contributed by atoms with E-state index in [0.29, 0.717) is 0 Å². The van der Waals surface area contributed by atoms with Crippen molar-refractivity contribution >= 4 is 56.6 Å². The molecule has 1 N–H and O–H groups in total. The molecule has 0 fully saturated rings. The van der Waals surface area contributed by atoms with E-state index in [9.17, 15) is 0 Å². The van der Waals surface area contributed by atoms with Gasteiger partial charge in [-0.1, -0.05) is 0 Å². The van der Waals surface area contributed by atoms with E-state index >= 15 is 0 Å². The minimum absolute atomic E-state index is 0.0562. The maximum atomic E-state index is 9.09. The Bertz CT molecular complexity index is 450. The van der Waals surface area contributed by atoms with Crippen molar-refractivity contribution in [2.75, 3.05) is 0 Å². The highest BCUT2D eigenvalue weighted by Gasteiger charge is 2.08. The smallest absolute Gasteiger partial charge is 0.0693 e. The molecule has 4 heteroatoms. The van der Waals surface area contributed by atoms with Gasteiger partial charge in [0.1, 0.15) is 0 Å². The van der Waals surface area contributed by atoms with Crippen molar-refractivity contribution in [1.82, 2.24) is 0 Å². The molecule has 0 aliphatic rings. The molecule has 0 saturated carbocycles. The van der Waals surface area contributed by atoms with Gasteiger partial charge in [-0.3, -0.25) is 0 Å². The van der Waals surface area contributed by atoms with Crippen molar-refractivity contribution < 1.29 is 5.11 Å². The van der Waals surface area contributed by atoms with E-state index in [1.54, 1.807) is 11.3 Å². The molecule has 0 spiro atoms. The van der Waals surface area contributed by atoms with Gasteiger partial charge in [0.2, 0.25) is 0 Å². The zero-order valence-corrected chi connectivity index (χ0v) is 10.5. The summed E-state index contributed by atoms with van der Waals surface area (Å²) in [5.74, 6) is 0. The van der Waals surface area contributed by atoms with Crippen molar-refractivity contribution in [2.45, 2.75) is 11.5 Å². The second-order valence-corrected chi connectivity index (χ2v) is 5.21. The molecular weight excluding hydrogens is 315 g/mol.